The van der Waals surface area contributed by atoms with Crippen LogP contribution in [0.25, 0.3) is 0 Å². The van der Waals surface area contributed by atoms with E-state index in [4.69, 9.17) is 5.11 Å². The number of amides is 1. The summed E-state index contributed by atoms with van der Waals surface area (Å²) in [5.41, 5.74) is 0.343. The molecule has 0 radical (unpaired) electrons. The van der Waals surface area contributed by atoms with Crippen molar-refractivity contribution in [2.75, 3.05) is 11.9 Å². The summed E-state index contributed by atoms with van der Waals surface area (Å²) in [6.45, 7) is -0.316. The third-order valence-electron chi connectivity index (χ3n) is 2.35. The summed E-state index contributed by atoms with van der Waals surface area (Å²) in [7, 11) is 0. The van der Waals surface area contributed by atoms with Crippen molar-refractivity contribution in [1.29, 1.82) is 0 Å². The molecule has 1 aromatic carbocycles. The van der Waals surface area contributed by atoms with Crippen molar-refractivity contribution in [2.45, 2.75) is 0 Å². The van der Waals surface area contributed by atoms with E-state index in [0.29, 0.717) is 16.5 Å². The highest BCUT2D eigenvalue weighted by Crippen LogP contribution is 2.20. The summed E-state index contributed by atoms with van der Waals surface area (Å²) in [6.07, 6.45) is 0. The zero-order chi connectivity index (χ0) is 14.5. The van der Waals surface area contributed by atoms with Crippen molar-refractivity contribution in [3.8, 4) is 11.8 Å². The van der Waals surface area contributed by atoms with Gasteiger partial charge < -0.3 is 10.4 Å². The Morgan fingerprint density at radius 3 is 2.85 bits per heavy atom. The Bertz CT molecular complexity index is 701. The van der Waals surface area contributed by atoms with E-state index >= 15 is 0 Å². The van der Waals surface area contributed by atoms with Crippen LogP contribution >= 0.6 is 11.3 Å². The van der Waals surface area contributed by atoms with Gasteiger partial charge in [-0.15, -0.1) is 11.3 Å². The molecule has 0 spiro atoms. The van der Waals surface area contributed by atoms with Crippen molar-refractivity contribution < 1.29 is 18.7 Å². The van der Waals surface area contributed by atoms with Gasteiger partial charge in [-0.05, 0) is 23.6 Å². The summed E-state index contributed by atoms with van der Waals surface area (Å²) in [6, 6.07) is 4.52. The molecule has 3 nitrogen and oxygen atoms in total. The van der Waals surface area contributed by atoms with Gasteiger partial charge in [0.15, 0.2) is 0 Å². The molecule has 6 heteroatoms. The number of anilines is 1. The lowest BCUT2D eigenvalue weighted by atomic mass is 10.2. The highest BCUT2D eigenvalue weighted by molar-refractivity contribution is 7.12. The smallest absolute Gasteiger partial charge is 0.267 e. The predicted octanol–water partition coefficient (Wildman–Crippen LogP) is 2.62. The van der Waals surface area contributed by atoms with Crippen LogP contribution in [0.3, 0.4) is 0 Å². The van der Waals surface area contributed by atoms with Gasteiger partial charge in [0.05, 0.1) is 5.69 Å². The van der Waals surface area contributed by atoms with Gasteiger partial charge in [-0.3, -0.25) is 4.79 Å². The number of hydrogen-bond donors (Lipinski definition) is 2. The quantitative estimate of drug-likeness (QED) is 0.836. The van der Waals surface area contributed by atoms with Crippen molar-refractivity contribution in [3.05, 3.63) is 51.7 Å². The molecule has 2 aromatic rings. The van der Waals surface area contributed by atoms with Crippen LogP contribution in [0.1, 0.15) is 15.2 Å². The van der Waals surface area contributed by atoms with Crippen molar-refractivity contribution in [1.82, 2.24) is 0 Å². The van der Waals surface area contributed by atoms with E-state index < -0.39 is 17.5 Å². The first-order chi connectivity index (χ1) is 9.61. The number of hydrogen-bond acceptors (Lipinski definition) is 3. The van der Waals surface area contributed by atoms with Gasteiger partial charge in [0.25, 0.3) is 5.91 Å². The maximum absolute atomic E-state index is 13.4. The molecule has 2 rings (SSSR count). The average Bonchev–Trinajstić information content (AvgIpc) is 2.88. The van der Waals surface area contributed by atoms with Crippen molar-refractivity contribution in [2.24, 2.45) is 0 Å². The Morgan fingerprint density at radius 2 is 2.15 bits per heavy atom. The van der Waals surface area contributed by atoms with E-state index in [1.807, 2.05) is 0 Å². The zero-order valence-corrected chi connectivity index (χ0v) is 10.9. The van der Waals surface area contributed by atoms with E-state index in [9.17, 15) is 13.6 Å². The fourth-order valence-corrected chi connectivity index (χ4v) is 2.23. The second-order valence-electron chi connectivity index (χ2n) is 3.70. The van der Waals surface area contributed by atoms with Crippen LogP contribution in [0.15, 0.2) is 29.6 Å². The fraction of sp³-hybridized carbons (Fsp3) is 0.0714. The van der Waals surface area contributed by atoms with E-state index in [1.165, 1.54) is 0 Å². The van der Waals surface area contributed by atoms with Crippen LogP contribution in [-0.2, 0) is 0 Å². The fourth-order valence-electron chi connectivity index (χ4n) is 1.49. The molecule has 0 fully saturated rings. The summed E-state index contributed by atoms with van der Waals surface area (Å²) >= 11 is 1.14. The number of carbonyl (C=O) groups excluding carboxylic acids is 1. The summed E-state index contributed by atoms with van der Waals surface area (Å²) in [5.74, 6) is 2.97. The van der Waals surface area contributed by atoms with Crippen LogP contribution in [0.2, 0.25) is 0 Å². The Kier molecular flexibility index (Phi) is 4.45. The number of benzene rings is 1. The van der Waals surface area contributed by atoms with Crippen LogP contribution in [0, 0.1) is 23.5 Å². The van der Waals surface area contributed by atoms with Crippen LogP contribution in [-0.4, -0.2) is 17.6 Å². The van der Waals surface area contributed by atoms with E-state index in [-0.39, 0.29) is 12.3 Å². The molecule has 1 amide bonds. The first-order valence-corrected chi connectivity index (χ1v) is 6.43. The van der Waals surface area contributed by atoms with Gasteiger partial charge in [-0.2, -0.15) is 0 Å². The second-order valence-corrected chi connectivity index (χ2v) is 4.62. The summed E-state index contributed by atoms with van der Waals surface area (Å²) in [4.78, 5) is 12.3. The molecule has 102 valence electrons. The first-order valence-electron chi connectivity index (χ1n) is 5.55. The van der Waals surface area contributed by atoms with Gasteiger partial charge in [0.1, 0.15) is 23.1 Å². The minimum atomic E-state index is -0.849. The molecule has 0 aliphatic heterocycles. The Morgan fingerprint density at radius 1 is 1.35 bits per heavy atom. The van der Waals surface area contributed by atoms with Gasteiger partial charge >= 0.3 is 0 Å². The molecule has 0 atom stereocenters. The van der Waals surface area contributed by atoms with Gasteiger partial charge in [0, 0.05) is 11.6 Å². The molecular weight excluding hydrogens is 284 g/mol. The first kappa shape index (κ1) is 14.2. The largest absolute Gasteiger partial charge is 0.384 e. The summed E-state index contributed by atoms with van der Waals surface area (Å²) in [5, 5.41) is 12.7. The number of halogens is 2. The average molecular weight is 293 g/mol. The molecule has 0 bridgehead atoms. The molecular formula is C14H9F2NO2S. The Balaban J connectivity index is 2.22. The third kappa shape index (κ3) is 3.20. The van der Waals surface area contributed by atoms with Gasteiger partial charge in [0.2, 0.25) is 0 Å². The lowest BCUT2D eigenvalue weighted by Crippen LogP contribution is -2.12. The number of aliphatic hydroxyl groups is 1. The zero-order valence-electron chi connectivity index (χ0n) is 10.1. The van der Waals surface area contributed by atoms with Gasteiger partial charge in [-0.1, -0.05) is 11.8 Å². The minimum absolute atomic E-state index is 0.106. The Hall–Kier alpha value is -2.23. The topological polar surface area (TPSA) is 49.3 Å². The molecule has 0 saturated heterocycles. The lowest BCUT2D eigenvalue weighted by Gasteiger charge is -2.05. The molecule has 1 aromatic heterocycles. The SMILES string of the molecule is O=C(Nc1ccc(F)cc1F)c1sccc1C#CCO. The number of thiophene rings is 1. The number of rotatable bonds is 2. The molecule has 0 aliphatic carbocycles. The van der Waals surface area contributed by atoms with E-state index in [0.717, 1.165) is 23.5 Å². The Labute approximate surface area is 117 Å². The standard InChI is InChI=1S/C14H9F2NO2S/c15-10-3-4-12(11(16)8-10)17-14(19)13-9(2-1-6-18)5-7-20-13/h3-5,7-8,18H,6H2,(H,17,19). The number of nitrogens with one attached hydrogen (secondary N) is 1. The minimum Gasteiger partial charge on any atom is -0.384 e. The molecule has 0 aliphatic rings. The normalized spacial score (nSPS) is 9.75. The van der Waals surface area contributed by atoms with Crippen molar-refractivity contribution in [3.63, 3.8) is 0 Å². The van der Waals surface area contributed by atoms with Crippen LogP contribution in [0.4, 0.5) is 14.5 Å². The summed E-state index contributed by atoms with van der Waals surface area (Å²) < 4.78 is 26.2. The maximum atomic E-state index is 13.4. The van der Waals surface area contributed by atoms with Crippen LogP contribution in [0.5, 0.6) is 0 Å². The lowest BCUT2D eigenvalue weighted by molar-refractivity contribution is 0.103. The molecule has 20 heavy (non-hydrogen) atoms. The molecule has 1 heterocycles. The number of carbonyl (C=O) groups is 1. The molecule has 0 saturated carbocycles. The van der Waals surface area contributed by atoms with E-state index in [2.05, 4.69) is 17.2 Å². The number of aliphatic hydroxyl groups excluding tert-OH is 1. The van der Waals surface area contributed by atoms with Crippen molar-refractivity contribution >= 4 is 22.9 Å². The molecule has 0 unspecified atom stereocenters. The predicted molar refractivity (Wildman–Crippen MR) is 72.6 cm³/mol. The highest BCUT2D eigenvalue weighted by atomic mass is 32.1. The monoisotopic (exact) mass is 293 g/mol. The van der Waals surface area contributed by atoms with Gasteiger partial charge in [-0.25, -0.2) is 8.78 Å². The molecule has 2 N–H and O–H groups in total. The second kappa shape index (κ2) is 6.28. The van der Waals surface area contributed by atoms with E-state index in [1.54, 1.807) is 11.4 Å². The van der Waals surface area contributed by atoms with Crippen LogP contribution < -0.4 is 5.32 Å². The third-order valence-corrected chi connectivity index (χ3v) is 3.27. The maximum Gasteiger partial charge on any atom is 0.267 e. The highest BCUT2D eigenvalue weighted by Gasteiger charge is 2.14.